The summed E-state index contributed by atoms with van der Waals surface area (Å²) >= 11 is 0. The average molecular weight is 205 g/mol. The van der Waals surface area contributed by atoms with Crippen LogP contribution in [0.3, 0.4) is 0 Å². The number of rotatable bonds is 0. The molecule has 1 nitrogen and oxygen atoms in total. The second kappa shape index (κ2) is 3.00. The highest BCUT2D eigenvalue weighted by Crippen LogP contribution is 2.64. The van der Waals surface area contributed by atoms with Gasteiger partial charge in [0.2, 0.25) is 0 Å². The highest BCUT2D eigenvalue weighted by molar-refractivity contribution is 5.16. The SMILES string of the molecule is CC1C2CC(C(C)(C)C)C(C2)C1(C)C#N. The Labute approximate surface area is 93.9 Å². The summed E-state index contributed by atoms with van der Waals surface area (Å²) in [4.78, 5) is 0. The maximum atomic E-state index is 9.45. The van der Waals surface area contributed by atoms with Crippen LogP contribution in [0, 0.1) is 45.8 Å². The van der Waals surface area contributed by atoms with Crippen LogP contribution in [0.4, 0.5) is 0 Å². The number of hydrogen-bond acceptors (Lipinski definition) is 1. The molecule has 84 valence electrons. The molecule has 2 aliphatic carbocycles. The van der Waals surface area contributed by atoms with Gasteiger partial charge in [-0.2, -0.15) is 5.26 Å². The molecule has 0 spiro atoms. The Kier molecular flexibility index (Phi) is 2.20. The van der Waals surface area contributed by atoms with Crippen molar-refractivity contribution in [2.45, 2.75) is 47.5 Å². The maximum Gasteiger partial charge on any atom is 0.0692 e. The molecule has 2 aliphatic rings. The number of nitrogens with zero attached hydrogens (tertiary/aromatic N) is 1. The maximum absolute atomic E-state index is 9.45. The van der Waals surface area contributed by atoms with Crippen LogP contribution in [0.2, 0.25) is 0 Å². The smallest absolute Gasteiger partial charge is 0.0692 e. The minimum Gasteiger partial charge on any atom is -0.198 e. The van der Waals surface area contributed by atoms with Crippen LogP contribution in [-0.2, 0) is 0 Å². The van der Waals surface area contributed by atoms with E-state index in [-0.39, 0.29) is 5.41 Å². The lowest BCUT2D eigenvalue weighted by Gasteiger charge is -2.43. The van der Waals surface area contributed by atoms with Gasteiger partial charge in [-0.3, -0.25) is 0 Å². The first kappa shape index (κ1) is 11.0. The van der Waals surface area contributed by atoms with Crippen LogP contribution in [0.1, 0.15) is 47.5 Å². The van der Waals surface area contributed by atoms with Crippen molar-refractivity contribution in [2.75, 3.05) is 0 Å². The van der Waals surface area contributed by atoms with E-state index in [4.69, 9.17) is 0 Å². The van der Waals surface area contributed by atoms with E-state index >= 15 is 0 Å². The van der Waals surface area contributed by atoms with Gasteiger partial charge in [0.25, 0.3) is 0 Å². The standard InChI is InChI=1S/C14H23N/c1-9-10-6-11(13(2,3)4)12(7-10)14(9,5)8-15/h9-12H,6-7H2,1-5H3. The molecule has 0 aromatic heterocycles. The van der Waals surface area contributed by atoms with Crippen LogP contribution in [0.15, 0.2) is 0 Å². The van der Waals surface area contributed by atoms with Crippen molar-refractivity contribution in [1.29, 1.82) is 5.26 Å². The van der Waals surface area contributed by atoms with Gasteiger partial charge in [0.05, 0.1) is 11.5 Å². The Morgan fingerprint density at radius 1 is 1.27 bits per heavy atom. The lowest BCUT2D eigenvalue weighted by atomic mass is 9.59. The first-order chi connectivity index (χ1) is 6.80. The Bertz CT molecular complexity index is 306. The third kappa shape index (κ3) is 1.34. The Balaban J connectivity index is 2.31. The summed E-state index contributed by atoms with van der Waals surface area (Å²) in [5.41, 5.74) is 0.318. The molecule has 5 unspecified atom stereocenters. The second-order valence-corrected chi connectivity index (χ2v) is 6.99. The van der Waals surface area contributed by atoms with Crippen LogP contribution >= 0.6 is 0 Å². The first-order valence-electron chi connectivity index (χ1n) is 6.22. The van der Waals surface area contributed by atoms with E-state index in [0.29, 0.717) is 17.3 Å². The summed E-state index contributed by atoms with van der Waals surface area (Å²) in [6, 6.07) is 2.62. The van der Waals surface area contributed by atoms with Crippen molar-refractivity contribution in [3.05, 3.63) is 0 Å². The second-order valence-electron chi connectivity index (χ2n) is 6.99. The largest absolute Gasteiger partial charge is 0.198 e. The van der Waals surface area contributed by atoms with Gasteiger partial charge < -0.3 is 0 Å². The third-order valence-corrected chi connectivity index (χ3v) is 5.38. The summed E-state index contributed by atoms with van der Waals surface area (Å²) in [5, 5.41) is 9.45. The highest BCUT2D eigenvalue weighted by atomic mass is 14.6. The zero-order valence-corrected chi connectivity index (χ0v) is 10.7. The van der Waals surface area contributed by atoms with E-state index in [1.807, 2.05) is 0 Å². The first-order valence-corrected chi connectivity index (χ1v) is 6.22. The average Bonchev–Trinajstić information content (AvgIpc) is 2.66. The zero-order valence-electron chi connectivity index (χ0n) is 10.7. The molecular weight excluding hydrogens is 182 g/mol. The van der Waals surface area contributed by atoms with Gasteiger partial charge in [0, 0.05) is 0 Å². The number of hydrogen-bond donors (Lipinski definition) is 0. The van der Waals surface area contributed by atoms with Gasteiger partial charge in [-0.25, -0.2) is 0 Å². The molecular formula is C14H23N. The van der Waals surface area contributed by atoms with Gasteiger partial charge in [-0.15, -0.1) is 0 Å². The lowest BCUT2D eigenvalue weighted by molar-refractivity contribution is 0.0560. The van der Waals surface area contributed by atoms with E-state index in [2.05, 4.69) is 40.7 Å². The van der Waals surface area contributed by atoms with Gasteiger partial charge in [-0.1, -0.05) is 27.7 Å². The fraction of sp³-hybridized carbons (Fsp3) is 0.929. The van der Waals surface area contributed by atoms with Crippen LogP contribution in [0.5, 0.6) is 0 Å². The molecule has 0 aliphatic heterocycles. The summed E-state index contributed by atoms with van der Waals surface area (Å²) in [6.07, 6.45) is 2.65. The molecule has 0 aromatic carbocycles. The van der Waals surface area contributed by atoms with E-state index < -0.39 is 0 Å². The molecule has 2 rings (SSSR count). The van der Waals surface area contributed by atoms with E-state index in [9.17, 15) is 5.26 Å². The van der Waals surface area contributed by atoms with Crippen molar-refractivity contribution in [1.82, 2.24) is 0 Å². The van der Waals surface area contributed by atoms with E-state index in [1.165, 1.54) is 12.8 Å². The predicted octanol–water partition coefficient (Wildman–Crippen LogP) is 3.85. The quantitative estimate of drug-likeness (QED) is 0.589. The van der Waals surface area contributed by atoms with Gasteiger partial charge >= 0.3 is 0 Å². The van der Waals surface area contributed by atoms with Crippen molar-refractivity contribution in [3.8, 4) is 6.07 Å². The van der Waals surface area contributed by atoms with Gasteiger partial charge in [0.15, 0.2) is 0 Å². The monoisotopic (exact) mass is 205 g/mol. The van der Waals surface area contributed by atoms with E-state index in [0.717, 1.165) is 11.8 Å². The molecule has 0 N–H and O–H groups in total. The molecule has 2 bridgehead atoms. The number of nitriles is 1. The predicted molar refractivity (Wildman–Crippen MR) is 62.0 cm³/mol. The van der Waals surface area contributed by atoms with Crippen LogP contribution in [0.25, 0.3) is 0 Å². The molecule has 0 heterocycles. The normalized spacial score (nSPS) is 49.3. The molecule has 1 heteroatoms. The fourth-order valence-electron chi connectivity index (χ4n) is 4.12. The Morgan fingerprint density at radius 2 is 1.87 bits per heavy atom. The summed E-state index contributed by atoms with van der Waals surface area (Å²) < 4.78 is 0. The minimum atomic E-state index is -0.0547. The highest BCUT2D eigenvalue weighted by Gasteiger charge is 2.60. The zero-order chi connectivity index (χ0) is 11.4. The molecule has 5 atom stereocenters. The fourth-order valence-corrected chi connectivity index (χ4v) is 4.12. The Morgan fingerprint density at radius 3 is 2.27 bits per heavy atom. The van der Waals surface area contributed by atoms with Gasteiger partial charge in [0.1, 0.15) is 0 Å². The van der Waals surface area contributed by atoms with Crippen molar-refractivity contribution in [3.63, 3.8) is 0 Å². The minimum absolute atomic E-state index is 0.0547. The molecule has 0 amide bonds. The number of fused-ring (bicyclic) bond motifs is 2. The molecule has 2 fully saturated rings. The van der Waals surface area contributed by atoms with E-state index in [1.54, 1.807) is 0 Å². The van der Waals surface area contributed by atoms with Crippen LogP contribution in [-0.4, -0.2) is 0 Å². The molecule has 15 heavy (non-hydrogen) atoms. The molecule has 0 saturated heterocycles. The Hall–Kier alpha value is -0.510. The summed E-state index contributed by atoms with van der Waals surface area (Å²) in [7, 11) is 0. The third-order valence-electron chi connectivity index (χ3n) is 5.38. The molecule has 0 aromatic rings. The summed E-state index contributed by atoms with van der Waals surface area (Å²) in [5.74, 6) is 2.81. The topological polar surface area (TPSA) is 23.8 Å². The molecule has 0 radical (unpaired) electrons. The molecule has 2 saturated carbocycles. The lowest BCUT2D eigenvalue weighted by Crippen LogP contribution is -2.40. The van der Waals surface area contributed by atoms with Crippen molar-refractivity contribution >= 4 is 0 Å². The summed E-state index contributed by atoms with van der Waals surface area (Å²) in [6.45, 7) is 11.5. The van der Waals surface area contributed by atoms with Crippen molar-refractivity contribution < 1.29 is 0 Å². The van der Waals surface area contributed by atoms with Crippen LogP contribution < -0.4 is 0 Å². The van der Waals surface area contributed by atoms with Crippen molar-refractivity contribution in [2.24, 2.45) is 34.5 Å². The van der Waals surface area contributed by atoms with Gasteiger partial charge in [-0.05, 0) is 48.9 Å².